The molecule has 19 heavy (non-hydrogen) atoms. The number of hydrogen-bond acceptors (Lipinski definition) is 2. The van der Waals surface area contributed by atoms with Crippen LogP contribution in [0.2, 0.25) is 0 Å². The Labute approximate surface area is 134 Å². The van der Waals surface area contributed by atoms with Gasteiger partial charge in [-0.3, -0.25) is 4.99 Å². The number of ether oxygens (including phenoxy) is 1. The molecule has 0 amide bonds. The van der Waals surface area contributed by atoms with E-state index in [4.69, 9.17) is 4.74 Å². The highest BCUT2D eigenvalue weighted by Gasteiger charge is 2.48. The molecule has 2 aliphatic rings. The number of aliphatic imine (C=N–C) groups is 1. The van der Waals surface area contributed by atoms with Crippen molar-refractivity contribution in [3.63, 3.8) is 0 Å². The summed E-state index contributed by atoms with van der Waals surface area (Å²) in [4.78, 5) is 4.28. The normalized spacial score (nSPS) is 21.3. The molecule has 2 fully saturated rings. The van der Waals surface area contributed by atoms with E-state index in [1.165, 1.54) is 32.1 Å². The standard InChI is InChI=1S/C14H27N3O.HI/c1-15-13(16-9-4-10-18-2)17-11-14(7-3-8-14)12-5-6-12;/h12H,3-11H2,1-2H3,(H2,15,16,17);1H. The van der Waals surface area contributed by atoms with Gasteiger partial charge in [0.1, 0.15) is 0 Å². The van der Waals surface area contributed by atoms with Gasteiger partial charge in [0, 0.05) is 33.9 Å². The molecule has 2 saturated carbocycles. The second-order valence-corrected chi connectivity index (χ2v) is 5.69. The van der Waals surface area contributed by atoms with E-state index in [0.717, 1.165) is 38.0 Å². The van der Waals surface area contributed by atoms with Crippen LogP contribution in [0.3, 0.4) is 0 Å². The molecule has 0 aromatic carbocycles. The molecule has 2 rings (SSSR count). The van der Waals surface area contributed by atoms with Crippen molar-refractivity contribution in [3.8, 4) is 0 Å². The van der Waals surface area contributed by atoms with Gasteiger partial charge in [0.05, 0.1) is 0 Å². The van der Waals surface area contributed by atoms with Crippen molar-refractivity contribution in [2.45, 2.75) is 38.5 Å². The van der Waals surface area contributed by atoms with Gasteiger partial charge in [-0.1, -0.05) is 6.42 Å². The lowest BCUT2D eigenvalue weighted by Gasteiger charge is -2.43. The van der Waals surface area contributed by atoms with Crippen LogP contribution in [0.5, 0.6) is 0 Å². The van der Waals surface area contributed by atoms with Gasteiger partial charge in [-0.25, -0.2) is 0 Å². The molecule has 0 saturated heterocycles. The van der Waals surface area contributed by atoms with Gasteiger partial charge in [0.25, 0.3) is 0 Å². The Kier molecular flexibility index (Phi) is 7.42. The number of hydrogen-bond donors (Lipinski definition) is 2. The number of halogens is 1. The summed E-state index contributed by atoms with van der Waals surface area (Å²) in [7, 11) is 3.58. The third kappa shape index (κ3) is 4.77. The highest BCUT2D eigenvalue weighted by atomic mass is 127. The van der Waals surface area contributed by atoms with Crippen LogP contribution < -0.4 is 10.6 Å². The molecule has 2 aliphatic carbocycles. The van der Waals surface area contributed by atoms with E-state index < -0.39 is 0 Å². The number of nitrogens with zero attached hydrogens (tertiary/aromatic N) is 1. The largest absolute Gasteiger partial charge is 0.385 e. The molecular formula is C14H28IN3O. The molecule has 0 radical (unpaired) electrons. The molecule has 2 N–H and O–H groups in total. The predicted octanol–water partition coefficient (Wildman–Crippen LogP) is 2.39. The molecule has 112 valence electrons. The average Bonchev–Trinajstić information content (AvgIpc) is 3.15. The van der Waals surface area contributed by atoms with Gasteiger partial charge in [0.15, 0.2) is 5.96 Å². The van der Waals surface area contributed by atoms with E-state index in [1.54, 1.807) is 7.11 Å². The zero-order chi connectivity index (χ0) is 12.8. The Hall–Kier alpha value is -0.0400. The Bertz CT molecular complexity index is 288. The van der Waals surface area contributed by atoms with Crippen LogP contribution in [0.25, 0.3) is 0 Å². The predicted molar refractivity (Wildman–Crippen MR) is 90.3 cm³/mol. The van der Waals surface area contributed by atoms with Gasteiger partial charge in [-0.2, -0.15) is 0 Å². The molecule has 0 unspecified atom stereocenters. The van der Waals surface area contributed by atoms with Gasteiger partial charge >= 0.3 is 0 Å². The van der Waals surface area contributed by atoms with Crippen LogP contribution in [0, 0.1) is 11.3 Å². The summed E-state index contributed by atoms with van der Waals surface area (Å²) < 4.78 is 5.04. The van der Waals surface area contributed by atoms with E-state index in [9.17, 15) is 0 Å². The van der Waals surface area contributed by atoms with Crippen LogP contribution in [-0.4, -0.2) is 39.8 Å². The molecule has 0 atom stereocenters. The maximum absolute atomic E-state index is 5.04. The number of nitrogens with one attached hydrogen (secondary N) is 2. The topological polar surface area (TPSA) is 45.7 Å². The lowest BCUT2D eigenvalue weighted by atomic mass is 9.65. The third-order valence-corrected chi connectivity index (χ3v) is 4.44. The first-order valence-corrected chi connectivity index (χ1v) is 7.24. The van der Waals surface area contributed by atoms with E-state index >= 15 is 0 Å². The Morgan fingerprint density at radius 3 is 2.53 bits per heavy atom. The van der Waals surface area contributed by atoms with Gasteiger partial charge in [0.2, 0.25) is 0 Å². The minimum atomic E-state index is 0. The second kappa shape index (κ2) is 8.29. The summed E-state index contributed by atoms with van der Waals surface area (Å²) in [6, 6.07) is 0. The molecule has 0 heterocycles. The van der Waals surface area contributed by atoms with Crippen molar-refractivity contribution in [2.24, 2.45) is 16.3 Å². The lowest BCUT2D eigenvalue weighted by Crippen LogP contribution is -2.47. The fourth-order valence-electron chi connectivity index (χ4n) is 2.96. The zero-order valence-corrected chi connectivity index (χ0v) is 14.5. The third-order valence-electron chi connectivity index (χ3n) is 4.44. The second-order valence-electron chi connectivity index (χ2n) is 5.69. The highest BCUT2D eigenvalue weighted by Crippen LogP contribution is 2.56. The van der Waals surface area contributed by atoms with Crippen molar-refractivity contribution in [3.05, 3.63) is 0 Å². The van der Waals surface area contributed by atoms with Crippen LogP contribution in [0.4, 0.5) is 0 Å². The average molecular weight is 381 g/mol. The molecule has 0 aromatic heterocycles. The van der Waals surface area contributed by atoms with Crippen molar-refractivity contribution in [2.75, 3.05) is 33.9 Å². The van der Waals surface area contributed by atoms with Crippen LogP contribution in [-0.2, 0) is 4.74 Å². The highest BCUT2D eigenvalue weighted by molar-refractivity contribution is 14.0. The first-order valence-electron chi connectivity index (χ1n) is 7.24. The first-order chi connectivity index (χ1) is 8.80. The van der Waals surface area contributed by atoms with Gasteiger partial charge in [-0.15, -0.1) is 24.0 Å². The zero-order valence-electron chi connectivity index (χ0n) is 12.2. The van der Waals surface area contributed by atoms with E-state index in [-0.39, 0.29) is 24.0 Å². The van der Waals surface area contributed by atoms with E-state index in [0.29, 0.717) is 5.41 Å². The summed E-state index contributed by atoms with van der Waals surface area (Å²) >= 11 is 0. The molecule has 0 bridgehead atoms. The van der Waals surface area contributed by atoms with Crippen LogP contribution >= 0.6 is 24.0 Å². The molecule has 4 nitrogen and oxygen atoms in total. The lowest BCUT2D eigenvalue weighted by molar-refractivity contribution is 0.106. The van der Waals surface area contributed by atoms with Crippen molar-refractivity contribution >= 4 is 29.9 Å². The maximum Gasteiger partial charge on any atom is 0.190 e. The van der Waals surface area contributed by atoms with Gasteiger partial charge < -0.3 is 15.4 Å². The summed E-state index contributed by atoms with van der Waals surface area (Å²) in [5, 5.41) is 6.85. The minimum Gasteiger partial charge on any atom is -0.385 e. The molecule has 0 spiro atoms. The van der Waals surface area contributed by atoms with Gasteiger partial charge in [-0.05, 0) is 43.4 Å². The van der Waals surface area contributed by atoms with Crippen molar-refractivity contribution in [1.29, 1.82) is 0 Å². The quantitative estimate of drug-likeness (QED) is 0.308. The Morgan fingerprint density at radius 2 is 2.05 bits per heavy atom. The van der Waals surface area contributed by atoms with E-state index in [1.807, 2.05) is 7.05 Å². The molecule has 5 heteroatoms. The summed E-state index contributed by atoms with van der Waals surface area (Å²) in [5.74, 6) is 1.93. The monoisotopic (exact) mass is 381 g/mol. The van der Waals surface area contributed by atoms with Crippen LogP contribution in [0.15, 0.2) is 4.99 Å². The van der Waals surface area contributed by atoms with E-state index in [2.05, 4.69) is 15.6 Å². The molecule has 0 aromatic rings. The molecular weight excluding hydrogens is 353 g/mol. The smallest absolute Gasteiger partial charge is 0.190 e. The minimum absolute atomic E-state index is 0. The SMILES string of the molecule is CN=C(NCCCOC)NCC1(C2CC2)CCC1.I. The number of methoxy groups -OCH3 is 1. The Balaban J connectivity index is 0.00000180. The van der Waals surface area contributed by atoms with Crippen molar-refractivity contribution < 1.29 is 4.74 Å². The summed E-state index contributed by atoms with van der Waals surface area (Å²) in [5.41, 5.74) is 0.601. The van der Waals surface area contributed by atoms with Crippen molar-refractivity contribution in [1.82, 2.24) is 10.6 Å². The fourth-order valence-corrected chi connectivity index (χ4v) is 2.96. The number of guanidine groups is 1. The van der Waals surface area contributed by atoms with Crippen LogP contribution in [0.1, 0.15) is 38.5 Å². The summed E-state index contributed by atoms with van der Waals surface area (Å²) in [6.07, 6.45) is 8.14. The fraction of sp³-hybridized carbons (Fsp3) is 0.929. The number of rotatable bonds is 7. The Morgan fingerprint density at radius 1 is 1.32 bits per heavy atom. The first kappa shape index (κ1) is 17.0. The maximum atomic E-state index is 5.04. The molecule has 0 aliphatic heterocycles. The summed E-state index contributed by atoms with van der Waals surface area (Å²) in [6.45, 7) is 2.82.